The fraction of sp³-hybridized carbons (Fsp3) is 0.562. The van der Waals surface area contributed by atoms with Crippen molar-refractivity contribution in [3.63, 3.8) is 0 Å². The van der Waals surface area contributed by atoms with E-state index < -0.39 is 27.7 Å². The molecule has 27 heavy (non-hydrogen) atoms. The van der Waals surface area contributed by atoms with Crippen LogP contribution in [0.1, 0.15) is 26.3 Å². The Labute approximate surface area is 161 Å². The summed E-state index contributed by atoms with van der Waals surface area (Å²) in [6.07, 6.45) is 1.61. The van der Waals surface area contributed by atoms with Gasteiger partial charge in [-0.05, 0) is 25.5 Å². The van der Waals surface area contributed by atoms with Crippen molar-refractivity contribution in [2.45, 2.75) is 31.2 Å². The molecular formula is C16H22N4O5S2. The van der Waals surface area contributed by atoms with Crippen LogP contribution >= 0.6 is 11.8 Å². The second-order valence-electron chi connectivity index (χ2n) is 6.01. The zero-order chi connectivity index (χ0) is 19.6. The van der Waals surface area contributed by atoms with E-state index in [-0.39, 0.29) is 17.1 Å². The summed E-state index contributed by atoms with van der Waals surface area (Å²) in [4.78, 5) is 24.9. The Bertz CT molecular complexity index is 992. The smallest absolute Gasteiger partial charge is 0.351 e. The van der Waals surface area contributed by atoms with Gasteiger partial charge in [0, 0.05) is 30.8 Å². The summed E-state index contributed by atoms with van der Waals surface area (Å²) in [6, 6.07) is 2.06. The average molecular weight is 415 g/mol. The minimum Gasteiger partial charge on any atom is -0.464 e. The maximum atomic E-state index is 12.8. The van der Waals surface area contributed by atoms with E-state index in [0.717, 1.165) is 20.6 Å². The highest BCUT2D eigenvalue weighted by Gasteiger charge is 2.28. The van der Waals surface area contributed by atoms with Crippen LogP contribution in [0.25, 0.3) is 5.65 Å². The minimum atomic E-state index is -3.68. The molecule has 0 radical (unpaired) electrons. The lowest BCUT2D eigenvalue weighted by atomic mass is 10.2. The van der Waals surface area contributed by atoms with Crippen molar-refractivity contribution >= 4 is 33.4 Å². The first kappa shape index (κ1) is 19.9. The topological polar surface area (TPSA) is 103 Å². The number of sulfonamides is 1. The molecule has 148 valence electrons. The summed E-state index contributed by atoms with van der Waals surface area (Å²) in [5, 5.41) is 4.18. The van der Waals surface area contributed by atoms with Crippen molar-refractivity contribution < 1.29 is 17.9 Å². The van der Waals surface area contributed by atoms with Gasteiger partial charge in [0.25, 0.3) is 0 Å². The molecule has 1 aliphatic heterocycles. The van der Waals surface area contributed by atoms with Gasteiger partial charge in [0.15, 0.2) is 11.7 Å². The fourth-order valence-electron chi connectivity index (χ4n) is 2.94. The van der Waals surface area contributed by atoms with Gasteiger partial charge in [0.05, 0.1) is 11.5 Å². The first-order chi connectivity index (χ1) is 12.9. The molecule has 9 nitrogen and oxygen atoms in total. The van der Waals surface area contributed by atoms with E-state index in [4.69, 9.17) is 4.74 Å². The van der Waals surface area contributed by atoms with E-state index in [1.165, 1.54) is 22.6 Å². The molecule has 1 fully saturated rings. The summed E-state index contributed by atoms with van der Waals surface area (Å²) in [7, 11) is -3.68. The second-order valence-corrected chi connectivity index (χ2v) is 9.18. The molecule has 2 aromatic rings. The van der Waals surface area contributed by atoms with Crippen LogP contribution in [-0.4, -0.2) is 64.1 Å². The number of rotatable bonds is 6. The molecule has 2 aromatic heterocycles. The van der Waals surface area contributed by atoms with Gasteiger partial charge in [-0.3, -0.25) is 0 Å². The Balaban J connectivity index is 2.02. The third-order valence-corrected chi connectivity index (χ3v) is 7.19. The van der Waals surface area contributed by atoms with Gasteiger partial charge < -0.3 is 4.74 Å². The number of pyridine rings is 1. The number of fused-ring (bicyclic) bond motifs is 1. The molecule has 0 aromatic carbocycles. The van der Waals surface area contributed by atoms with Gasteiger partial charge in [0.2, 0.25) is 10.0 Å². The molecular weight excluding hydrogens is 392 g/mol. The molecule has 11 heteroatoms. The Morgan fingerprint density at radius 2 is 2.00 bits per heavy atom. The molecule has 3 rings (SSSR count). The van der Waals surface area contributed by atoms with E-state index in [9.17, 15) is 18.0 Å². The standard InChI is InChI=1S/C16H22N4O5S2/c1-3-13(15(21)25-4-2)20-16(22)19-11-12(5-6-14(19)17-20)27(23,24)18-7-9-26-10-8-18/h5-6,11,13H,3-4,7-10H2,1-2H3/t13-/m1/s1. The number of carbonyl (C=O) groups excluding carboxylic acids is 1. The maximum absolute atomic E-state index is 12.8. The molecule has 1 atom stereocenters. The number of aromatic nitrogens is 3. The molecule has 0 amide bonds. The Kier molecular flexibility index (Phi) is 5.92. The van der Waals surface area contributed by atoms with Crippen LogP contribution in [0.15, 0.2) is 28.0 Å². The molecule has 0 spiro atoms. The van der Waals surface area contributed by atoms with Gasteiger partial charge in [-0.1, -0.05) is 6.92 Å². The van der Waals surface area contributed by atoms with Crippen LogP contribution in [0.5, 0.6) is 0 Å². The SMILES string of the molecule is CCOC(=O)[C@@H](CC)n1nc2ccc(S(=O)(=O)N3CCSCC3)cn2c1=O. The molecule has 0 bridgehead atoms. The van der Waals surface area contributed by atoms with Crippen LogP contribution < -0.4 is 5.69 Å². The van der Waals surface area contributed by atoms with Crippen LogP contribution in [-0.2, 0) is 19.6 Å². The van der Waals surface area contributed by atoms with Gasteiger partial charge in [-0.25, -0.2) is 22.4 Å². The van der Waals surface area contributed by atoms with Gasteiger partial charge in [-0.15, -0.1) is 5.10 Å². The fourth-order valence-corrected chi connectivity index (χ4v) is 5.52. The number of ether oxygens (including phenoxy) is 1. The lowest BCUT2D eigenvalue weighted by Gasteiger charge is -2.25. The quantitative estimate of drug-likeness (QED) is 0.643. The molecule has 0 aliphatic carbocycles. The van der Waals surface area contributed by atoms with Gasteiger partial charge in [-0.2, -0.15) is 20.7 Å². The largest absolute Gasteiger partial charge is 0.464 e. The minimum absolute atomic E-state index is 0.0349. The normalized spacial score (nSPS) is 17.1. The number of hydrogen-bond donors (Lipinski definition) is 0. The highest BCUT2D eigenvalue weighted by atomic mass is 32.2. The number of thioether (sulfide) groups is 1. The van der Waals surface area contributed by atoms with E-state index in [0.29, 0.717) is 19.5 Å². The van der Waals surface area contributed by atoms with Gasteiger partial charge >= 0.3 is 11.7 Å². The number of hydrogen-bond acceptors (Lipinski definition) is 7. The summed E-state index contributed by atoms with van der Waals surface area (Å²) >= 11 is 1.71. The van der Waals surface area contributed by atoms with Gasteiger partial charge in [0.1, 0.15) is 0 Å². The Morgan fingerprint density at radius 3 is 2.63 bits per heavy atom. The number of carbonyl (C=O) groups is 1. The maximum Gasteiger partial charge on any atom is 0.351 e. The highest BCUT2D eigenvalue weighted by Crippen LogP contribution is 2.20. The van der Waals surface area contributed by atoms with E-state index >= 15 is 0 Å². The summed E-state index contributed by atoms with van der Waals surface area (Å²) in [6.45, 7) is 4.53. The average Bonchev–Trinajstić information content (AvgIpc) is 2.99. The van der Waals surface area contributed by atoms with Crippen LogP contribution in [0.3, 0.4) is 0 Å². The van der Waals surface area contributed by atoms with Crippen LogP contribution in [0.4, 0.5) is 0 Å². The van der Waals surface area contributed by atoms with E-state index in [2.05, 4.69) is 5.10 Å². The van der Waals surface area contributed by atoms with Crippen molar-refractivity contribution in [2.75, 3.05) is 31.2 Å². The molecule has 3 heterocycles. The second kappa shape index (κ2) is 8.03. The van der Waals surface area contributed by atoms with Crippen LogP contribution in [0, 0.1) is 0 Å². The van der Waals surface area contributed by atoms with Crippen molar-refractivity contribution in [3.8, 4) is 0 Å². The Hall–Kier alpha value is -1.85. The zero-order valence-electron chi connectivity index (χ0n) is 15.2. The third-order valence-electron chi connectivity index (χ3n) is 4.36. The highest BCUT2D eigenvalue weighted by molar-refractivity contribution is 7.99. The third kappa shape index (κ3) is 3.76. The Morgan fingerprint density at radius 1 is 1.30 bits per heavy atom. The molecule has 1 aliphatic rings. The summed E-state index contributed by atoms with van der Waals surface area (Å²) in [5.74, 6) is 0.956. The lowest BCUT2D eigenvalue weighted by molar-refractivity contribution is -0.147. The molecule has 0 unspecified atom stereocenters. The monoisotopic (exact) mass is 414 g/mol. The first-order valence-corrected chi connectivity index (χ1v) is 11.3. The van der Waals surface area contributed by atoms with Crippen LogP contribution in [0.2, 0.25) is 0 Å². The lowest BCUT2D eigenvalue weighted by Crippen LogP contribution is -2.38. The summed E-state index contributed by atoms with van der Waals surface area (Å²) < 4.78 is 34.3. The van der Waals surface area contributed by atoms with Crippen molar-refractivity contribution in [3.05, 3.63) is 28.8 Å². The number of nitrogens with zero attached hydrogens (tertiary/aromatic N) is 4. The van der Waals surface area contributed by atoms with E-state index in [1.807, 2.05) is 0 Å². The molecule has 1 saturated heterocycles. The van der Waals surface area contributed by atoms with Crippen molar-refractivity contribution in [1.82, 2.24) is 18.5 Å². The molecule has 0 saturated carbocycles. The predicted octanol–water partition coefficient (Wildman–Crippen LogP) is 0.748. The first-order valence-electron chi connectivity index (χ1n) is 8.75. The number of esters is 1. The zero-order valence-corrected chi connectivity index (χ0v) is 16.8. The molecule has 0 N–H and O–H groups in total. The predicted molar refractivity (Wildman–Crippen MR) is 101 cm³/mol. The van der Waals surface area contributed by atoms with Crippen molar-refractivity contribution in [2.24, 2.45) is 0 Å². The summed E-state index contributed by atoms with van der Waals surface area (Å²) in [5.41, 5.74) is -0.299. The van der Waals surface area contributed by atoms with Crippen molar-refractivity contribution in [1.29, 1.82) is 0 Å². The van der Waals surface area contributed by atoms with E-state index in [1.54, 1.807) is 25.6 Å².